The first-order valence-electron chi connectivity index (χ1n) is 6.23. The Labute approximate surface area is 109 Å². The number of nitrogens with one attached hydrogen (secondary N) is 1. The highest BCUT2D eigenvalue weighted by molar-refractivity contribution is 5.87. The Morgan fingerprint density at radius 1 is 1.28 bits per heavy atom. The third-order valence-electron chi connectivity index (χ3n) is 3.00. The van der Waals surface area contributed by atoms with Crippen molar-refractivity contribution in [3.63, 3.8) is 0 Å². The summed E-state index contributed by atoms with van der Waals surface area (Å²) in [5, 5.41) is 12.0. The van der Waals surface area contributed by atoms with Crippen LogP contribution >= 0.6 is 0 Å². The molecule has 0 aromatic heterocycles. The fourth-order valence-corrected chi connectivity index (χ4v) is 2.01. The van der Waals surface area contributed by atoms with Crippen molar-refractivity contribution in [3.05, 3.63) is 35.4 Å². The first kappa shape index (κ1) is 14.7. The van der Waals surface area contributed by atoms with E-state index in [0.29, 0.717) is 5.56 Å². The number of rotatable bonds is 7. The van der Waals surface area contributed by atoms with Gasteiger partial charge in [0.15, 0.2) is 0 Å². The van der Waals surface area contributed by atoms with Gasteiger partial charge in [0.25, 0.3) is 0 Å². The van der Waals surface area contributed by atoms with E-state index in [-0.39, 0.29) is 0 Å². The van der Waals surface area contributed by atoms with Crippen LogP contribution in [0.1, 0.15) is 22.3 Å². The number of carboxylic acid groups (broad SMARTS) is 1. The van der Waals surface area contributed by atoms with Crippen LogP contribution in [0.2, 0.25) is 0 Å². The minimum Gasteiger partial charge on any atom is -0.478 e. The van der Waals surface area contributed by atoms with Gasteiger partial charge in [0.2, 0.25) is 0 Å². The Bertz CT molecular complexity index is 385. The molecule has 1 aromatic rings. The van der Waals surface area contributed by atoms with Gasteiger partial charge in [-0.25, -0.2) is 4.79 Å². The lowest BCUT2D eigenvalue weighted by Gasteiger charge is -2.30. The van der Waals surface area contributed by atoms with Crippen LogP contribution in [0, 0.1) is 0 Å². The van der Waals surface area contributed by atoms with E-state index < -0.39 is 5.97 Å². The van der Waals surface area contributed by atoms with E-state index in [1.165, 1.54) is 5.56 Å². The van der Waals surface area contributed by atoms with Gasteiger partial charge in [0, 0.05) is 18.5 Å². The minimum atomic E-state index is -0.871. The number of hydrogen-bond donors (Lipinski definition) is 2. The zero-order chi connectivity index (χ0) is 13.6. The minimum absolute atomic E-state index is 0.347. The Hall–Kier alpha value is -1.39. The van der Waals surface area contributed by atoms with Crippen molar-refractivity contribution in [2.45, 2.75) is 13.0 Å². The molecule has 1 aromatic carbocycles. The van der Waals surface area contributed by atoms with Crippen LogP contribution in [0.15, 0.2) is 24.3 Å². The first-order valence-corrected chi connectivity index (χ1v) is 6.23. The summed E-state index contributed by atoms with van der Waals surface area (Å²) in [6.45, 7) is 3.05. The summed E-state index contributed by atoms with van der Waals surface area (Å²) < 4.78 is 0.911. The van der Waals surface area contributed by atoms with Gasteiger partial charge >= 0.3 is 5.97 Å². The molecule has 0 atom stereocenters. The molecule has 18 heavy (non-hydrogen) atoms. The molecule has 0 saturated heterocycles. The average molecular weight is 251 g/mol. The molecule has 2 N–H and O–H groups in total. The number of quaternary nitrogens is 1. The second-order valence-electron chi connectivity index (χ2n) is 5.28. The summed E-state index contributed by atoms with van der Waals surface area (Å²) in [4.78, 5) is 10.8. The van der Waals surface area contributed by atoms with Crippen molar-refractivity contribution in [3.8, 4) is 0 Å². The fraction of sp³-hybridized carbons (Fsp3) is 0.500. The molecule has 4 nitrogen and oxygen atoms in total. The molecule has 0 bridgehead atoms. The van der Waals surface area contributed by atoms with E-state index in [2.05, 4.69) is 19.4 Å². The van der Waals surface area contributed by atoms with Crippen molar-refractivity contribution in [2.24, 2.45) is 0 Å². The van der Waals surface area contributed by atoms with Gasteiger partial charge in [-0.05, 0) is 19.2 Å². The van der Waals surface area contributed by atoms with Crippen LogP contribution in [-0.2, 0) is 6.54 Å². The topological polar surface area (TPSA) is 49.3 Å². The van der Waals surface area contributed by atoms with Gasteiger partial charge < -0.3 is 14.9 Å². The van der Waals surface area contributed by atoms with Crippen molar-refractivity contribution in [1.29, 1.82) is 0 Å². The molecule has 0 heterocycles. The Morgan fingerprint density at radius 3 is 2.39 bits per heavy atom. The summed E-state index contributed by atoms with van der Waals surface area (Å²) in [5.74, 6) is -0.871. The maximum absolute atomic E-state index is 10.8. The molecule has 1 rings (SSSR count). The maximum Gasteiger partial charge on any atom is 0.335 e. The van der Waals surface area contributed by atoms with E-state index in [4.69, 9.17) is 5.11 Å². The van der Waals surface area contributed by atoms with Crippen molar-refractivity contribution in [1.82, 2.24) is 5.32 Å². The molecular weight excluding hydrogens is 228 g/mol. The van der Waals surface area contributed by atoms with Crippen LogP contribution in [0.5, 0.6) is 0 Å². The normalized spacial score (nSPS) is 11.5. The van der Waals surface area contributed by atoms with Gasteiger partial charge in [-0.2, -0.15) is 0 Å². The average Bonchev–Trinajstić information content (AvgIpc) is 2.29. The van der Waals surface area contributed by atoms with Gasteiger partial charge in [-0.15, -0.1) is 0 Å². The highest BCUT2D eigenvalue weighted by atomic mass is 16.4. The number of carbonyl (C=O) groups is 1. The highest BCUT2D eigenvalue weighted by Gasteiger charge is 2.15. The summed E-state index contributed by atoms with van der Waals surface area (Å²) >= 11 is 0. The largest absolute Gasteiger partial charge is 0.478 e. The molecule has 4 heteroatoms. The third-order valence-corrected chi connectivity index (χ3v) is 3.00. The summed E-state index contributed by atoms with van der Waals surface area (Å²) in [6.07, 6.45) is 1.14. The van der Waals surface area contributed by atoms with Crippen molar-refractivity contribution in [2.75, 3.05) is 34.2 Å². The van der Waals surface area contributed by atoms with Crippen LogP contribution in [0.4, 0.5) is 0 Å². The Morgan fingerprint density at radius 2 is 1.89 bits per heavy atom. The standard InChI is InChI=1S/C14H22N2O2/c1-15-9-4-10-16(2,3)11-12-5-7-13(8-6-12)14(17)18/h5-8,15H,4,9-11H2,1-3H3/p+1. The molecular formula is C14H23N2O2+. The quantitative estimate of drug-likeness (QED) is 0.571. The fourth-order valence-electron chi connectivity index (χ4n) is 2.01. The SMILES string of the molecule is CNCCC[N+](C)(C)Cc1ccc(C(=O)O)cc1. The van der Waals surface area contributed by atoms with E-state index in [0.717, 1.165) is 30.5 Å². The maximum atomic E-state index is 10.8. The van der Waals surface area contributed by atoms with Gasteiger partial charge in [-0.3, -0.25) is 0 Å². The summed E-state index contributed by atoms with van der Waals surface area (Å²) in [5.41, 5.74) is 1.52. The number of nitrogens with zero attached hydrogens (tertiary/aromatic N) is 1. The summed E-state index contributed by atoms with van der Waals surface area (Å²) in [6, 6.07) is 7.15. The lowest BCUT2D eigenvalue weighted by molar-refractivity contribution is -0.903. The van der Waals surface area contributed by atoms with Gasteiger partial charge in [0.1, 0.15) is 6.54 Å². The van der Waals surface area contributed by atoms with E-state index >= 15 is 0 Å². The monoisotopic (exact) mass is 251 g/mol. The number of carboxylic acids is 1. The zero-order valence-corrected chi connectivity index (χ0v) is 11.4. The first-order chi connectivity index (χ1) is 8.44. The molecule has 0 saturated carbocycles. The van der Waals surface area contributed by atoms with Crippen molar-refractivity contribution >= 4 is 5.97 Å². The lowest BCUT2D eigenvalue weighted by atomic mass is 10.1. The number of aromatic carboxylic acids is 1. The molecule has 100 valence electrons. The van der Waals surface area contributed by atoms with E-state index in [9.17, 15) is 4.79 Å². The highest BCUT2D eigenvalue weighted by Crippen LogP contribution is 2.11. The van der Waals surface area contributed by atoms with Crippen LogP contribution in [0.3, 0.4) is 0 Å². The second kappa shape index (κ2) is 6.52. The molecule has 0 aliphatic heterocycles. The van der Waals surface area contributed by atoms with E-state index in [1.807, 2.05) is 19.2 Å². The van der Waals surface area contributed by atoms with Crippen LogP contribution in [0.25, 0.3) is 0 Å². The molecule has 0 amide bonds. The molecule has 0 radical (unpaired) electrons. The molecule has 0 spiro atoms. The third kappa shape index (κ3) is 4.85. The zero-order valence-electron chi connectivity index (χ0n) is 11.4. The van der Waals surface area contributed by atoms with Crippen LogP contribution < -0.4 is 5.32 Å². The van der Waals surface area contributed by atoms with Gasteiger partial charge in [-0.1, -0.05) is 12.1 Å². The van der Waals surface area contributed by atoms with E-state index in [1.54, 1.807) is 12.1 Å². The molecule has 0 aliphatic carbocycles. The Balaban J connectivity index is 2.57. The lowest BCUT2D eigenvalue weighted by Crippen LogP contribution is -2.40. The smallest absolute Gasteiger partial charge is 0.335 e. The van der Waals surface area contributed by atoms with Crippen molar-refractivity contribution < 1.29 is 14.4 Å². The van der Waals surface area contributed by atoms with Crippen LogP contribution in [-0.4, -0.2) is 49.8 Å². The molecule has 0 unspecified atom stereocenters. The number of hydrogen-bond acceptors (Lipinski definition) is 2. The second-order valence-corrected chi connectivity index (χ2v) is 5.28. The Kier molecular flexibility index (Phi) is 5.31. The van der Waals surface area contributed by atoms with Gasteiger partial charge in [0.05, 0.1) is 26.2 Å². The predicted molar refractivity (Wildman–Crippen MR) is 72.6 cm³/mol. The molecule has 0 aliphatic rings. The molecule has 0 fully saturated rings. The summed E-state index contributed by atoms with van der Waals surface area (Å²) in [7, 11) is 6.35. The predicted octanol–water partition coefficient (Wildman–Crippen LogP) is 1.57. The number of benzene rings is 1.